The smallest absolute Gasteiger partial charge is 0.227 e. The Morgan fingerprint density at radius 2 is 2.24 bits per heavy atom. The van der Waals surface area contributed by atoms with Gasteiger partial charge in [0.15, 0.2) is 5.82 Å². The zero-order chi connectivity index (χ0) is 12.9. The summed E-state index contributed by atoms with van der Waals surface area (Å²) in [7, 11) is 0. The van der Waals surface area contributed by atoms with Gasteiger partial charge in [0.25, 0.3) is 0 Å². The Balaban J connectivity index is 2.60. The van der Waals surface area contributed by atoms with E-state index in [1.165, 1.54) is 0 Å². The zero-order valence-electron chi connectivity index (χ0n) is 10.9. The summed E-state index contributed by atoms with van der Waals surface area (Å²) in [6, 6.07) is 0. The summed E-state index contributed by atoms with van der Waals surface area (Å²) in [6.07, 6.45) is 2.96. The van der Waals surface area contributed by atoms with Crippen molar-refractivity contribution in [3.8, 4) is 0 Å². The number of hydrogen-bond acceptors (Lipinski definition) is 6. The Kier molecular flexibility index (Phi) is 5.42. The molecule has 0 aliphatic heterocycles. The first kappa shape index (κ1) is 14.5. The third-order valence-electron chi connectivity index (χ3n) is 2.22. The molecule has 1 aromatic rings. The SMILES string of the molecule is CSCCc1nc(C(C)(N)COC(C)C)no1. The summed E-state index contributed by atoms with van der Waals surface area (Å²) in [4.78, 5) is 4.30. The molecule has 0 spiro atoms. The van der Waals surface area contributed by atoms with Crippen molar-refractivity contribution in [3.63, 3.8) is 0 Å². The van der Waals surface area contributed by atoms with Crippen molar-refractivity contribution in [3.05, 3.63) is 11.7 Å². The van der Waals surface area contributed by atoms with E-state index in [1.54, 1.807) is 11.8 Å². The van der Waals surface area contributed by atoms with E-state index in [0.29, 0.717) is 18.3 Å². The highest BCUT2D eigenvalue weighted by molar-refractivity contribution is 7.98. The number of rotatable bonds is 7. The number of aryl methyl sites for hydroxylation is 1. The molecule has 0 amide bonds. The number of aromatic nitrogens is 2. The fourth-order valence-electron chi connectivity index (χ4n) is 1.18. The van der Waals surface area contributed by atoms with Gasteiger partial charge in [-0.1, -0.05) is 5.16 Å². The minimum absolute atomic E-state index is 0.140. The Morgan fingerprint density at radius 1 is 1.53 bits per heavy atom. The molecule has 1 atom stereocenters. The van der Waals surface area contributed by atoms with Crippen LogP contribution in [0.4, 0.5) is 0 Å². The van der Waals surface area contributed by atoms with Gasteiger partial charge < -0.3 is 15.0 Å². The summed E-state index contributed by atoms with van der Waals surface area (Å²) in [5.74, 6) is 2.11. The maximum Gasteiger partial charge on any atom is 0.227 e. The molecule has 0 aromatic carbocycles. The lowest BCUT2D eigenvalue weighted by molar-refractivity contribution is 0.0410. The second-order valence-electron chi connectivity index (χ2n) is 4.53. The molecule has 0 fully saturated rings. The maximum atomic E-state index is 6.11. The Bertz CT molecular complexity index is 339. The van der Waals surface area contributed by atoms with Gasteiger partial charge in [0.05, 0.1) is 12.7 Å². The molecule has 1 rings (SSSR count). The van der Waals surface area contributed by atoms with Crippen molar-refractivity contribution in [1.29, 1.82) is 0 Å². The minimum Gasteiger partial charge on any atom is -0.376 e. The summed E-state index contributed by atoms with van der Waals surface area (Å²) >= 11 is 1.74. The van der Waals surface area contributed by atoms with Crippen molar-refractivity contribution in [2.24, 2.45) is 5.73 Å². The molecule has 1 unspecified atom stereocenters. The molecule has 5 nitrogen and oxygen atoms in total. The molecule has 17 heavy (non-hydrogen) atoms. The molecule has 0 bridgehead atoms. The Hall–Kier alpha value is -0.590. The molecule has 1 aromatic heterocycles. The van der Waals surface area contributed by atoms with Crippen LogP contribution in [-0.2, 0) is 16.7 Å². The fraction of sp³-hybridized carbons (Fsp3) is 0.818. The predicted octanol–water partition coefficient (Wildman–Crippen LogP) is 1.57. The molecule has 0 radical (unpaired) electrons. The third-order valence-corrected chi connectivity index (χ3v) is 2.83. The van der Waals surface area contributed by atoms with Crippen LogP contribution in [0.2, 0.25) is 0 Å². The fourth-order valence-corrected chi connectivity index (χ4v) is 1.56. The molecule has 2 N–H and O–H groups in total. The maximum absolute atomic E-state index is 6.11. The topological polar surface area (TPSA) is 74.2 Å². The highest BCUT2D eigenvalue weighted by Gasteiger charge is 2.28. The van der Waals surface area contributed by atoms with Crippen molar-refractivity contribution >= 4 is 11.8 Å². The Morgan fingerprint density at radius 3 is 2.82 bits per heavy atom. The summed E-state index contributed by atoms with van der Waals surface area (Å²) in [5.41, 5.74) is 5.41. The number of hydrogen-bond donors (Lipinski definition) is 1. The van der Waals surface area contributed by atoms with Gasteiger partial charge in [-0.15, -0.1) is 0 Å². The first-order valence-electron chi connectivity index (χ1n) is 5.68. The summed E-state index contributed by atoms with van der Waals surface area (Å²) < 4.78 is 10.7. The van der Waals surface area contributed by atoms with Crippen LogP contribution in [0.5, 0.6) is 0 Å². The number of nitrogens with zero attached hydrogens (tertiary/aromatic N) is 2. The highest BCUT2D eigenvalue weighted by Crippen LogP contribution is 2.16. The second kappa shape index (κ2) is 6.37. The van der Waals surface area contributed by atoms with Gasteiger partial charge in [-0.2, -0.15) is 16.7 Å². The number of nitrogens with two attached hydrogens (primary N) is 1. The van der Waals surface area contributed by atoms with Crippen molar-refractivity contribution in [2.75, 3.05) is 18.6 Å². The van der Waals surface area contributed by atoms with Crippen LogP contribution in [0.3, 0.4) is 0 Å². The van der Waals surface area contributed by atoms with Crippen LogP contribution in [0.15, 0.2) is 4.52 Å². The number of ether oxygens (including phenoxy) is 1. The van der Waals surface area contributed by atoms with Crippen LogP contribution in [0.25, 0.3) is 0 Å². The average Bonchev–Trinajstić information content (AvgIpc) is 2.73. The molecular weight excluding hydrogens is 238 g/mol. The van der Waals surface area contributed by atoms with Crippen LogP contribution in [-0.4, -0.2) is 34.9 Å². The van der Waals surface area contributed by atoms with Crippen LogP contribution in [0, 0.1) is 0 Å². The van der Waals surface area contributed by atoms with Crippen LogP contribution >= 0.6 is 11.8 Å². The van der Waals surface area contributed by atoms with Gasteiger partial charge in [-0.25, -0.2) is 0 Å². The summed E-state index contributed by atoms with van der Waals surface area (Å²) in [5, 5.41) is 3.92. The number of thioether (sulfide) groups is 1. The van der Waals surface area contributed by atoms with Gasteiger partial charge in [0, 0.05) is 12.2 Å². The van der Waals surface area contributed by atoms with Crippen molar-refractivity contribution < 1.29 is 9.26 Å². The first-order chi connectivity index (χ1) is 7.95. The van der Waals surface area contributed by atoms with E-state index in [1.807, 2.05) is 27.0 Å². The molecule has 0 saturated heterocycles. The van der Waals surface area contributed by atoms with Gasteiger partial charge in [0.1, 0.15) is 5.54 Å². The second-order valence-corrected chi connectivity index (χ2v) is 5.52. The molecule has 0 aliphatic carbocycles. The van der Waals surface area contributed by atoms with Crippen LogP contribution in [0.1, 0.15) is 32.5 Å². The third kappa shape index (κ3) is 4.65. The molecular formula is C11H21N3O2S. The van der Waals surface area contributed by atoms with E-state index in [2.05, 4.69) is 10.1 Å². The van der Waals surface area contributed by atoms with Crippen molar-refractivity contribution in [1.82, 2.24) is 10.1 Å². The molecule has 0 saturated carbocycles. The van der Waals surface area contributed by atoms with E-state index < -0.39 is 5.54 Å². The standard InChI is InChI=1S/C11H21N3O2S/c1-8(2)15-7-11(3,12)10-13-9(16-14-10)5-6-17-4/h8H,5-7,12H2,1-4H3. The van der Waals surface area contributed by atoms with E-state index in [9.17, 15) is 0 Å². The molecule has 6 heteroatoms. The van der Waals surface area contributed by atoms with Gasteiger partial charge in [-0.05, 0) is 27.0 Å². The Labute approximate surface area is 106 Å². The minimum atomic E-state index is -0.703. The quantitative estimate of drug-likeness (QED) is 0.801. The van der Waals surface area contributed by atoms with E-state index in [-0.39, 0.29) is 6.10 Å². The van der Waals surface area contributed by atoms with E-state index >= 15 is 0 Å². The lowest BCUT2D eigenvalue weighted by atomic mass is 10.1. The lowest BCUT2D eigenvalue weighted by Gasteiger charge is -2.21. The monoisotopic (exact) mass is 259 g/mol. The van der Waals surface area contributed by atoms with E-state index in [0.717, 1.165) is 12.2 Å². The zero-order valence-corrected chi connectivity index (χ0v) is 11.7. The lowest BCUT2D eigenvalue weighted by Crippen LogP contribution is -2.40. The molecule has 98 valence electrons. The highest BCUT2D eigenvalue weighted by atomic mass is 32.2. The van der Waals surface area contributed by atoms with Crippen LogP contribution < -0.4 is 5.73 Å². The molecule has 0 aliphatic rings. The van der Waals surface area contributed by atoms with Gasteiger partial charge in [0.2, 0.25) is 5.89 Å². The van der Waals surface area contributed by atoms with Gasteiger partial charge >= 0.3 is 0 Å². The normalized spacial score (nSPS) is 15.2. The summed E-state index contributed by atoms with van der Waals surface area (Å²) in [6.45, 7) is 6.16. The van der Waals surface area contributed by atoms with Crippen molar-refractivity contribution in [2.45, 2.75) is 38.8 Å². The average molecular weight is 259 g/mol. The predicted molar refractivity (Wildman–Crippen MR) is 69.0 cm³/mol. The van der Waals surface area contributed by atoms with E-state index in [4.69, 9.17) is 15.0 Å². The first-order valence-corrected chi connectivity index (χ1v) is 7.07. The molecule has 1 heterocycles. The largest absolute Gasteiger partial charge is 0.376 e. The van der Waals surface area contributed by atoms with Gasteiger partial charge in [-0.3, -0.25) is 0 Å².